The van der Waals surface area contributed by atoms with Gasteiger partial charge in [-0.2, -0.15) is 11.8 Å². The zero-order chi connectivity index (χ0) is 13.7. The molecule has 0 amide bonds. The smallest absolute Gasteiger partial charge is 0.191 e. The van der Waals surface area contributed by atoms with Crippen molar-refractivity contribution in [1.29, 1.82) is 0 Å². The highest BCUT2D eigenvalue weighted by Gasteiger charge is 2.11. The lowest BCUT2D eigenvalue weighted by Gasteiger charge is -2.27. The second-order valence-electron chi connectivity index (χ2n) is 4.37. The summed E-state index contributed by atoms with van der Waals surface area (Å²) in [5, 5.41) is 1.32. The minimum Gasteiger partial charge on any atom is -0.370 e. The van der Waals surface area contributed by atoms with Gasteiger partial charge in [0.15, 0.2) is 5.96 Å². The Kier molecular flexibility index (Phi) is 5.67. The molecule has 6 heteroatoms. The number of hydrogen-bond donors (Lipinski definition) is 1. The van der Waals surface area contributed by atoms with Gasteiger partial charge in [0.25, 0.3) is 0 Å². The monoisotopic (exact) mass is 317 g/mol. The number of rotatable bonds is 3. The van der Waals surface area contributed by atoms with E-state index in [9.17, 15) is 0 Å². The molecule has 0 saturated carbocycles. The van der Waals surface area contributed by atoms with E-state index < -0.39 is 0 Å². The van der Waals surface area contributed by atoms with Crippen LogP contribution in [0.15, 0.2) is 23.2 Å². The molecule has 0 unspecified atom stereocenters. The molecular formula is C13H17Cl2N3S. The fourth-order valence-electron chi connectivity index (χ4n) is 1.95. The summed E-state index contributed by atoms with van der Waals surface area (Å²) in [6.07, 6.45) is 0.795. The lowest BCUT2D eigenvalue weighted by molar-refractivity contribution is 0.456. The summed E-state index contributed by atoms with van der Waals surface area (Å²) in [6.45, 7) is 2.64. The highest BCUT2D eigenvalue weighted by atomic mass is 35.5. The summed E-state index contributed by atoms with van der Waals surface area (Å²) in [4.78, 5) is 6.57. The Morgan fingerprint density at radius 3 is 2.47 bits per heavy atom. The Morgan fingerprint density at radius 1 is 1.21 bits per heavy atom. The van der Waals surface area contributed by atoms with Crippen LogP contribution in [0.3, 0.4) is 0 Å². The first-order chi connectivity index (χ1) is 9.15. The quantitative estimate of drug-likeness (QED) is 0.688. The van der Waals surface area contributed by atoms with Gasteiger partial charge in [-0.15, -0.1) is 0 Å². The van der Waals surface area contributed by atoms with E-state index >= 15 is 0 Å². The van der Waals surface area contributed by atoms with Crippen LogP contribution >= 0.6 is 35.0 Å². The molecule has 1 aromatic carbocycles. The van der Waals surface area contributed by atoms with Crippen molar-refractivity contribution in [2.45, 2.75) is 6.42 Å². The topological polar surface area (TPSA) is 41.6 Å². The maximum Gasteiger partial charge on any atom is 0.191 e. The lowest BCUT2D eigenvalue weighted by atomic mass is 10.1. The van der Waals surface area contributed by atoms with Crippen LogP contribution < -0.4 is 5.73 Å². The van der Waals surface area contributed by atoms with Gasteiger partial charge in [0.1, 0.15) is 0 Å². The first kappa shape index (κ1) is 14.8. The summed E-state index contributed by atoms with van der Waals surface area (Å²) in [5.74, 6) is 2.90. The van der Waals surface area contributed by atoms with Gasteiger partial charge in [-0.25, -0.2) is 0 Å². The molecule has 3 nitrogen and oxygen atoms in total. The number of nitrogens with two attached hydrogens (primary N) is 1. The number of halogens is 2. The van der Waals surface area contributed by atoms with Gasteiger partial charge in [-0.05, 0) is 30.2 Å². The molecule has 2 rings (SSSR count). The van der Waals surface area contributed by atoms with Crippen LogP contribution in [0.2, 0.25) is 10.0 Å². The molecule has 104 valence electrons. The molecule has 19 heavy (non-hydrogen) atoms. The van der Waals surface area contributed by atoms with E-state index in [2.05, 4.69) is 9.89 Å². The van der Waals surface area contributed by atoms with Crippen molar-refractivity contribution in [3.63, 3.8) is 0 Å². The predicted octanol–water partition coefficient (Wildman–Crippen LogP) is 2.90. The van der Waals surface area contributed by atoms with Crippen molar-refractivity contribution < 1.29 is 0 Å². The molecule has 1 fully saturated rings. The molecule has 0 aliphatic carbocycles. The molecular weight excluding hydrogens is 301 g/mol. The third-order valence-electron chi connectivity index (χ3n) is 2.93. The summed E-state index contributed by atoms with van der Waals surface area (Å²) < 4.78 is 0. The third kappa shape index (κ3) is 4.79. The Balaban J connectivity index is 1.87. The molecule has 2 N–H and O–H groups in total. The highest BCUT2D eigenvalue weighted by Crippen LogP contribution is 2.19. The lowest BCUT2D eigenvalue weighted by Crippen LogP contribution is -2.42. The Bertz CT molecular complexity index is 439. The molecule has 0 bridgehead atoms. The Hall–Kier alpha value is -0.580. The van der Waals surface area contributed by atoms with E-state index in [0.717, 1.165) is 36.6 Å². The Labute approximate surface area is 128 Å². The highest BCUT2D eigenvalue weighted by molar-refractivity contribution is 7.99. The minimum atomic E-state index is 0.647. The van der Waals surface area contributed by atoms with Gasteiger partial charge >= 0.3 is 0 Å². The minimum absolute atomic E-state index is 0.647. The van der Waals surface area contributed by atoms with Crippen molar-refractivity contribution in [3.8, 4) is 0 Å². The molecule has 0 atom stereocenters. The average molecular weight is 318 g/mol. The standard InChI is InChI=1S/C13H17Cl2N3S/c14-11-7-10(8-12(15)9-11)1-2-17-13(16)18-3-5-19-6-4-18/h7-9H,1-6H2,(H2,16,17). The summed E-state index contributed by atoms with van der Waals surface area (Å²) in [6, 6.07) is 5.56. The van der Waals surface area contributed by atoms with Gasteiger partial charge in [-0.1, -0.05) is 23.2 Å². The fraction of sp³-hybridized carbons (Fsp3) is 0.462. The SMILES string of the molecule is NC(=NCCc1cc(Cl)cc(Cl)c1)N1CCSCC1. The maximum absolute atomic E-state index is 5.99. The molecule has 1 aromatic rings. The molecule has 0 aromatic heterocycles. The van der Waals surface area contributed by atoms with Gasteiger partial charge in [0.2, 0.25) is 0 Å². The van der Waals surface area contributed by atoms with Crippen LogP contribution in [0.5, 0.6) is 0 Å². The molecule has 0 spiro atoms. The van der Waals surface area contributed by atoms with Crippen molar-refractivity contribution in [3.05, 3.63) is 33.8 Å². The summed E-state index contributed by atoms with van der Waals surface area (Å²) >= 11 is 13.9. The van der Waals surface area contributed by atoms with Crippen LogP contribution in [-0.4, -0.2) is 42.0 Å². The first-order valence-corrected chi connectivity index (χ1v) is 8.14. The van der Waals surface area contributed by atoms with E-state index in [0.29, 0.717) is 22.5 Å². The molecule has 1 aliphatic heterocycles. The van der Waals surface area contributed by atoms with Crippen LogP contribution in [0.1, 0.15) is 5.56 Å². The predicted molar refractivity (Wildman–Crippen MR) is 85.6 cm³/mol. The number of hydrogen-bond acceptors (Lipinski definition) is 2. The van der Waals surface area contributed by atoms with E-state index in [1.807, 2.05) is 23.9 Å². The third-order valence-corrected chi connectivity index (χ3v) is 4.31. The van der Waals surface area contributed by atoms with Crippen LogP contribution in [0.4, 0.5) is 0 Å². The molecule has 1 saturated heterocycles. The number of nitrogens with zero attached hydrogens (tertiary/aromatic N) is 2. The van der Waals surface area contributed by atoms with Gasteiger partial charge in [0, 0.05) is 41.2 Å². The second kappa shape index (κ2) is 7.27. The van der Waals surface area contributed by atoms with Gasteiger partial charge < -0.3 is 10.6 Å². The van der Waals surface area contributed by atoms with E-state index in [4.69, 9.17) is 28.9 Å². The van der Waals surface area contributed by atoms with E-state index in [-0.39, 0.29) is 0 Å². The van der Waals surface area contributed by atoms with Gasteiger partial charge in [-0.3, -0.25) is 4.99 Å². The molecule has 1 heterocycles. The van der Waals surface area contributed by atoms with Crippen LogP contribution in [-0.2, 0) is 6.42 Å². The zero-order valence-corrected chi connectivity index (χ0v) is 12.9. The average Bonchev–Trinajstić information content (AvgIpc) is 2.38. The van der Waals surface area contributed by atoms with E-state index in [1.165, 1.54) is 0 Å². The van der Waals surface area contributed by atoms with Crippen LogP contribution in [0, 0.1) is 0 Å². The van der Waals surface area contributed by atoms with E-state index in [1.54, 1.807) is 6.07 Å². The van der Waals surface area contributed by atoms with Crippen molar-refractivity contribution in [2.75, 3.05) is 31.1 Å². The summed E-state index contributed by atoms with van der Waals surface area (Å²) in [5.41, 5.74) is 7.07. The molecule has 0 radical (unpaired) electrons. The van der Waals surface area contributed by atoms with Crippen molar-refractivity contribution >= 4 is 40.9 Å². The number of benzene rings is 1. The fourth-order valence-corrected chi connectivity index (χ4v) is 3.42. The van der Waals surface area contributed by atoms with Gasteiger partial charge in [0.05, 0.1) is 0 Å². The first-order valence-electron chi connectivity index (χ1n) is 6.23. The zero-order valence-electron chi connectivity index (χ0n) is 10.6. The Morgan fingerprint density at radius 2 is 1.84 bits per heavy atom. The number of thioether (sulfide) groups is 1. The number of guanidine groups is 1. The summed E-state index contributed by atoms with van der Waals surface area (Å²) in [7, 11) is 0. The van der Waals surface area contributed by atoms with Crippen LogP contribution in [0.25, 0.3) is 0 Å². The normalized spacial score (nSPS) is 16.7. The number of aliphatic imine (C=N–C) groups is 1. The second-order valence-corrected chi connectivity index (χ2v) is 6.46. The van der Waals surface area contributed by atoms with Crippen molar-refractivity contribution in [1.82, 2.24) is 4.90 Å². The largest absolute Gasteiger partial charge is 0.370 e. The maximum atomic E-state index is 5.99. The molecule has 1 aliphatic rings. The van der Waals surface area contributed by atoms with Crippen molar-refractivity contribution in [2.24, 2.45) is 10.7 Å².